The molecule has 0 spiro atoms. The van der Waals surface area contributed by atoms with Crippen LogP contribution >= 0.6 is 0 Å². The highest BCUT2D eigenvalue weighted by Gasteiger charge is 2.32. The summed E-state index contributed by atoms with van der Waals surface area (Å²) in [7, 11) is 1.87. The van der Waals surface area contributed by atoms with Gasteiger partial charge in [0.1, 0.15) is 12.1 Å². The van der Waals surface area contributed by atoms with E-state index >= 15 is 0 Å². The van der Waals surface area contributed by atoms with Gasteiger partial charge in [0.25, 0.3) is 0 Å². The molecule has 0 unspecified atom stereocenters. The summed E-state index contributed by atoms with van der Waals surface area (Å²) < 4.78 is 40.5. The highest BCUT2D eigenvalue weighted by molar-refractivity contribution is 5.79. The Morgan fingerprint density at radius 2 is 1.82 bits per heavy atom. The van der Waals surface area contributed by atoms with Crippen molar-refractivity contribution >= 4 is 17.2 Å². The zero-order valence-corrected chi connectivity index (χ0v) is 18.9. The maximum Gasteiger partial charge on any atom is 0.416 e. The van der Waals surface area contributed by atoms with Gasteiger partial charge in [-0.3, -0.25) is 0 Å². The van der Waals surface area contributed by atoms with E-state index in [0.29, 0.717) is 35.6 Å². The van der Waals surface area contributed by atoms with Crippen molar-refractivity contribution in [2.24, 2.45) is 0 Å². The molecule has 2 N–H and O–H groups in total. The predicted octanol–water partition coefficient (Wildman–Crippen LogP) is 5.74. The van der Waals surface area contributed by atoms with Crippen molar-refractivity contribution in [2.75, 3.05) is 17.3 Å². The summed E-state index contributed by atoms with van der Waals surface area (Å²) in [4.78, 5) is 10.7. The number of rotatable bonds is 5. The minimum Gasteiger partial charge on any atom is -0.392 e. The van der Waals surface area contributed by atoms with Crippen molar-refractivity contribution in [2.45, 2.75) is 56.8 Å². The normalized spacial score (nSPS) is 18.2. The summed E-state index contributed by atoms with van der Waals surface area (Å²) in [6.07, 6.45) is 1.92. The highest BCUT2D eigenvalue weighted by Crippen LogP contribution is 2.39. The maximum absolute atomic E-state index is 13.5. The van der Waals surface area contributed by atoms with Gasteiger partial charge in [0.15, 0.2) is 0 Å². The monoisotopic (exact) mass is 468 g/mol. The van der Waals surface area contributed by atoms with Gasteiger partial charge in [0.05, 0.1) is 17.4 Å². The second-order valence-corrected chi connectivity index (χ2v) is 9.20. The number of halogens is 3. The van der Waals surface area contributed by atoms with E-state index < -0.39 is 11.7 Å². The summed E-state index contributed by atoms with van der Waals surface area (Å²) in [6.45, 7) is 0. The molecule has 0 aliphatic heterocycles. The van der Waals surface area contributed by atoms with Crippen LogP contribution < -0.4 is 10.2 Å². The average Bonchev–Trinajstić information content (AvgIpc) is 3.48. The van der Waals surface area contributed by atoms with Crippen LogP contribution in [0.2, 0.25) is 0 Å². The predicted molar refractivity (Wildman–Crippen MR) is 126 cm³/mol. The van der Waals surface area contributed by atoms with Crippen LogP contribution in [0.3, 0.4) is 0 Å². The SMILES string of the molecule is CN(c1cc(C(F)(F)F)ccc1-c1cc(Nc2cccc3c2C[C@@H](O)C3)ncn1)C1CCCC1. The Morgan fingerprint density at radius 1 is 1.03 bits per heavy atom. The first kappa shape index (κ1) is 22.7. The Labute approximate surface area is 196 Å². The van der Waals surface area contributed by atoms with Crippen LogP contribution in [0.15, 0.2) is 48.8 Å². The summed E-state index contributed by atoms with van der Waals surface area (Å²) in [5, 5.41) is 13.4. The van der Waals surface area contributed by atoms with Gasteiger partial charge < -0.3 is 15.3 Å². The Morgan fingerprint density at radius 3 is 2.59 bits per heavy atom. The number of nitrogens with zero attached hydrogens (tertiary/aromatic N) is 3. The fourth-order valence-electron chi connectivity index (χ4n) is 5.16. The third-order valence-electron chi connectivity index (χ3n) is 6.95. The van der Waals surface area contributed by atoms with Crippen LogP contribution in [0.5, 0.6) is 0 Å². The quantitative estimate of drug-likeness (QED) is 0.500. The minimum atomic E-state index is -4.42. The van der Waals surface area contributed by atoms with Crippen LogP contribution in [0.4, 0.5) is 30.4 Å². The molecule has 3 aromatic rings. The lowest BCUT2D eigenvalue weighted by Crippen LogP contribution is -2.29. The number of alkyl halides is 3. The zero-order valence-electron chi connectivity index (χ0n) is 18.9. The Bertz CT molecular complexity index is 1190. The highest BCUT2D eigenvalue weighted by atomic mass is 19.4. The van der Waals surface area contributed by atoms with Crippen LogP contribution in [0, 0.1) is 0 Å². The van der Waals surface area contributed by atoms with Gasteiger partial charge >= 0.3 is 6.18 Å². The molecule has 1 saturated carbocycles. The number of aliphatic hydroxyl groups excluding tert-OH is 1. The molecule has 5 rings (SSSR count). The Kier molecular flexibility index (Phi) is 5.93. The second-order valence-electron chi connectivity index (χ2n) is 9.20. The molecule has 2 aromatic carbocycles. The fraction of sp³-hybridized carbons (Fsp3) is 0.385. The van der Waals surface area contributed by atoms with E-state index in [-0.39, 0.29) is 12.1 Å². The van der Waals surface area contributed by atoms with E-state index in [0.717, 1.165) is 48.6 Å². The molecular weight excluding hydrogens is 441 g/mol. The molecule has 1 fully saturated rings. The van der Waals surface area contributed by atoms with Crippen molar-refractivity contribution in [1.29, 1.82) is 0 Å². The van der Waals surface area contributed by atoms with E-state index in [1.807, 2.05) is 30.1 Å². The van der Waals surface area contributed by atoms with Gasteiger partial charge in [0.2, 0.25) is 0 Å². The van der Waals surface area contributed by atoms with E-state index in [1.165, 1.54) is 18.5 Å². The first-order valence-electron chi connectivity index (χ1n) is 11.6. The van der Waals surface area contributed by atoms with Gasteiger partial charge in [-0.1, -0.05) is 31.0 Å². The lowest BCUT2D eigenvalue weighted by molar-refractivity contribution is -0.137. The van der Waals surface area contributed by atoms with Crippen LogP contribution in [0.25, 0.3) is 11.3 Å². The van der Waals surface area contributed by atoms with E-state index in [9.17, 15) is 18.3 Å². The topological polar surface area (TPSA) is 61.3 Å². The molecule has 2 aliphatic rings. The van der Waals surface area contributed by atoms with Crippen molar-refractivity contribution in [3.8, 4) is 11.3 Å². The average molecular weight is 469 g/mol. The van der Waals surface area contributed by atoms with Crippen LogP contribution in [-0.2, 0) is 19.0 Å². The van der Waals surface area contributed by atoms with Gasteiger partial charge in [0, 0.05) is 42.5 Å². The van der Waals surface area contributed by atoms with Crippen molar-refractivity contribution in [3.63, 3.8) is 0 Å². The molecule has 1 heterocycles. The molecule has 0 saturated heterocycles. The van der Waals surface area contributed by atoms with Crippen molar-refractivity contribution in [3.05, 3.63) is 65.5 Å². The number of fused-ring (bicyclic) bond motifs is 1. The Hall–Kier alpha value is -3.13. The minimum absolute atomic E-state index is 0.208. The first-order chi connectivity index (χ1) is 16.3. The third kappa shape index (κ3) is 4.46. The molecule has 5 nitrogen and oxygen atoms in total. The van der Waals surface area contributed by atoms with Gasteiger partial charge in [-0.05, 0) is 48.6 Å². The number of anilines is 3. The number of benzene rings is 2. The summed E-state index contributed by atoms with van der Waals surface area (Å²) in [5.74, 6) is 0.550. The molecular formula is C26H27F3N4O. The van der Waals surface area contributed by atoms with Crippen LogP contribution in [-0.4, -0.2) is 34.3 Å². The number of nitrogens with one attached hydrogen (secondary N) is 1. The van der Waals surface area contributed by atoms with Crippen molar-refractivity contribution in [1.82, 2.24) is 9.97 Å². The number of hydrogen-bond acceptors (Lipinski definition) is 5. The number of aromatic nitrogens is 2. The first-order valence-corrected chi connectivity index (χ1v) is 11.6. The summed E-state index contributed by atoms with van der Waals surface area (Å²) in [6, 6.07) is 11.7. The Balaban J connectivity index is 1.51. The lowest BCUT2D eigenvalue weighted by Gasteiger charge is -2.29. The lowest BCUT2D eigenvalue weighted by atomic mass is 10.0. The summed E-state index contributed by atoms with van der Waals surface area (Å²) in [5.41, 5.74) is 4.09. The molecule has 34 heavy (non-hydrogen) atoms. The van der Waals surface area contributed by atoms with Crippen LogP contribution in [0.1, 0.15) is 42.4 Å². The second kappa shape index (κ2) is 8.91. The van der Waals surface area contributed by atoms with Crippen molar-refractivity contribution < 1.29 is 18.3 Å². The molecule has 1 aromatic heterocycles. The molecule has 178 valence electrons. The van der Waals surface area contributed by atoms with E-state index in [1.54, 1.807) is 6.07 Å². The third-order valence-corrected chi connectivity index (χ3v) is 6.95. The number of aliphatic hydroxyl groups is 1. The molecule has 1 atom stereocenters. The number of hydrogen-bond donors (Lipinski definition) is 2. The zero-order chi connectivity index (χ0) is 23.9. The van der Waals surface area contributed by atoms with Gasteiger partial charge in [-0.25, -0.2) is 9.97 Å². The fourth-order valence-corrected chi connectivity index (χ4v) is 5.16. The molecule has 8 heteroatoms. The van der Waals surface area contributed by atoms with E-state index in [4.69, 9.17) is 0 Å². The summed E-state index contributed by atoms with van der Waals surface area (Å²) >= 11 is 0. The van der Waals surface area contributed by atoms with E-state index in [2.05, 4.69) is 15.3 Å². The molecule has 2 aliphatic carbocycles. The molecule has 0 radical (unpaired) electrons. The molecule has 0 amide bonds. The van der Waals surface area contributed by atoms with Gasteiger partial charge in [-0.2, -0.15) is 13.2 Å². The maximum atomic E-state index is 13.5. The largest absolute Gasteiger partial charge is 0.416 e. The van der Waals surface area contributed by atoms with Gasteiger partial charge in [-0.15, -0.1) is 0 Å². The smallest absolute Gasteiger partial charge is 0.392 e. The molecule has 0 bridgehead atoms. The standard InChI is InChI=1S/C26H27F3N4O/c1-33(18-6-2-3-7-18)24-12-17(26(27,28)29)9-10-20(24)23-14-25(31-15-30-23)32-22-8-4-5-16-11-19(34)13-21(16)22/h4-5,8-10,12,14-15,18-19,34H,2-3,6-7,11,13H2,1H3,(H,30,31,32)/t19-/m0/s1.